The van der Waals surface area contributed by atoms with Gasteiger partial charge in [0.05, 0.1) is 0 Å². The summed E-state index contributed by atoms with van der Waals surface area (Å²) in [5.74, 6) is 1.86. The van der Waals surface area contributed by atoms with Gasteiger partial charge in [-0.15, -0.1) is 10.2 Å². The Bertz CT molecular complexity index is 1480. The number of aromatic nitrogens is 5. The first-order valence-corrected chi connectivity index (χ1v) is 10.9. The van der Waals surface area contributed by atoms with E-state index < -0.39 is 0 Å². The number of tetrazole rings is 1. The smallest absolute Gasteiger partial charge is 0.227 e. The minimum Gasteiger partial charge on any atom is -0.435 e. The van der Waals surface area contributed by atoms with Crippen LogP contribution in [0.5, 0.6) is 0 Å². The fraction of sp³-hybridized carbons (Fsp3) is 0. The average molecular weight is 441 g/mol. The lowest BCUT2D eigenvalue weighted by molar-refractivity contribution is 0.589. The summed E-state index contributed by atoms with van der Waals surface area (Å²) >= 11 is 0. The lowest BCUT2D eigenvalue weighted by Crippen LogP contribution is -1.87. The summed E-state index contributed by atoms with van der Waals surface area (Å²) in [6, 6.07) is 36.4. The van der Waals surface area contributed by atoms with Crippen LogP contribution in [-0.2, 0) is 0 Å². The Morgan fingerprint density at radius 2 is 1.24 bits per heavy atom. The predicted octanol–water partition coefficient (Wildman–Crippen LogP) is 6.52. The summed E-state index contributed by atoms with van der Waals surface area (Å²) in [4.78, 5) is 4.98. The van der Waals surface area contributed by atoms with Crippen LogP contribution in [0.4, 0.5) is 0 Å². The average Bonchev–Trinajstić information content (AvgIpc) is 3.61. The molecule has 0 unspecified atom stereocenters. The van der Waals surface area contributed by atoms with Crippen molar-refractivity contribution in [1.29, 1.82) is 0 Å². The van der Waals surface area contributed by atoms with E-state index in [0.29, 0.717) is 11.7 Å². The monoisotopic (exact) mass is 441 g/mol. The first-order chi connectivity index (χ1) is 16.9. The van der Waals surface area contributed by atoms with Gasteiger partial charge in [-0.1, -0.05) is 97.1 Å². The summed E-state index contributed by atoms with van der Waals surface area (Å²) < 4.78 is 6.46. The standard InChI is InChI=1S/C28H19N5O/c1-3-10-19(11-4-1)25-26(20-12-5-2-6-13-20)34-28(29-25)24-17-8-7-16-23(24)21-14-9-15-22(18-21)27-30-32-33-31-27/h1-18H,(H,30,31,32,33). The predicted molar refractivity (Wildman–Crippen MR) is 131 cm³/mol. The molecule has 0 fully saturated rings. The summed E-state index contributed by atoms with van der Waals surface area (Å²) in [6.45, 7) is 0. The molecule has 162 valence electrons. The number of H-pyrrole nitrogens is 1. The van der Waals surface area contributed by atoms with E-state index in [-0.39, 0.29) is 0 Å². The molecule has 0 aliphatic carbocycles. The highest BCUT2D eigenvalue weighted by Gasteiger charge is 2.20. The maximum absolute atomic E-state index is 6.46. The van der Waals surface area contributed by atoms with Crippen LogP contribution in [0.15, 0.2) is 114 Å². The largest absolute Gasteiger partial charge is 0.435 e. The van der Waals surface area contributed by atoms with Crippen molar-refractivity contribution in [2.45, 2.75) is 0 Å². The van der Waals surface area contributed by atoms with Gasteiger partial charge < -0.3 is 4.42 Å². The van der Waals surface area contributed by atoms with Gasteiger partial charge in [0.1, 0.15) is 5.69 Å². The molecule has 2 aromatic heterocycles. The molecule has 4 aromatic carbocycles. The number of hydrogen-bond donors (Lipinski definition) is 1. The number of hydrogen-bond acceptors (Lipinski definition) is 5. The zero-order chi connectivity index (χ0) is 22.7. The molecule has 0 saturated carbocycles. The molecule has 6 aromatic rings. The van der Waals surface area contributed by atoms with Gasteiger partial charge in [0.25, 0.3) is 0 Å². The molecule has 6 heteroatoms. The Labute approximate surface area is 196 Å². The SMILES string of the molecule is c1ccc(-c2nc(-c3ccccc3-c3cccc(-c4nn[nH]n4)c3)oc2-c2ccccc2)cc1. The summed E-state index contributed by atoms with van der Waals surface area (Å²) in [7, 11) is 0. The molecule has 0 spiro atoms. The van der Waals surface area contributed by atoms with Gasteiger partial charge >= 0.3 is 0 Å². The van der Waals surface area contributed by atoms with E-state index in [9.17, 15) is 0 Å². The van der Waals surface area contributed by atoms with Gasteiger partial charge in [-0.3, -0.25) is 0 Å². The fourth-order valence-electron chi connectivity index (χ4n) is 4.04. The molecule has 0 amide bonds. The number of aromatic amines is 1. The Morgan fingerprint density at radius 1 is 0.588 bits per heavy atom. The van der Waals surface area contributed by atoms with E-state index in [1.807, 2.05) is 97.1 Å². The third-order valence-corrected chi connectivity index (χ3v) is 5.64. The Morgan fingerprint density at radius 3 is 1.97 bits per heavy atom. The molecule has 0 atom stereocenters. The number of rotatable bonds is 5. The second kappa shape index (κ2) is 8.60. The highest BCUT2D eigenvalue weighted by Crippen LogP contribution is 2.39. The molecule has 34 heavy (non-hydrogen) atoms. The molecule has 1 N–H and O–H groups in total. The van der Waals surface area contributed by atoms with Crippen LogP contribution in [0.25, 0.3) is 56.6 Å². The topological polar surface area (TPSA) is 80.5 Å². The van der Waals surface area contributed by atoms with Crippen LogP contribution >= 0.6 is 0 Å². The second-order valence-electron chi connectivity index (χ2n) is 7.79. The minimum absolute atomic E-state index is 0.549. The van der Waals surface area contributed by atoms with Crippen molar-refractivity contribution in [2.24, 2.45) is 0 Å². The number of oxazole rings is 1. The van der Waals surface area contributed by atoms with Gasteiger partial charge in [0.2, 0.25) is 11.7 Å². The maximum Gasteiger partial charge on any atom is 0.227 e. The third kappa shape index (κ3) is 3.67. The third-order valence-electron chi connectivity index (χ3n) is 5.64. The normalized spacial score (nSPS) is 10.9. The maximum atomic E-state index is 6.46. The lowest BCUT2D eigenvalue weighted by atomic mass is 9.98. The Balaban J connectivity index is 1.51. The lowest BCUT2D eigenvalue weighted by Gasteiger charge is -2.08. The van der Waals surface area contributed by atoms with Crippen molar-refractivity contribution in [2.75, 3.05) is 0 Å². The van der Waals surface area contributed by atoms with E-state index in [2.05, 4.69) is 32.8 Å². The summed E-state index contributed by atoms with van der Waals surface area (Å²) in [5, 5.41) is 14.4. The van der Waals surface area contributed by atoms with E-state index in [1.54, 1.807) is 0 Å². The van der Waals surface area contributed by atoms with Crippen molar-refractivity contribution < 1.29 is 4.42 Å². The van der Waals surface area contributed by atoms with E-state index in [1.165, 1.54) is 0 Å². The van der Waals surface area contributed by atoms with Gasteiger partial charge in [-0.05, 0) is 28.5 Å². The zero-order valence-corrected chi connectivity index (χ0v) is 18.1. The van der Waals surface area contributed by atoms with Gasteiger partial charge in [0.15, 0.2) is 5.76 Å². The van der Waals surface area contributed by atoms with Crippen LogP contribution in [0.1, 0.15) is 0 Å². The van der Waals surface area contributed by atoms with Crippen molar-refractivity contribution in [3.05, 3.63) is 109 Å². The second-order valence-corrected chi connectivity index (χ2v) is 7.79. The van der Waals surface area contributed by atoms with Crippen molar-refractivity contribution in [3.63, 3.8) is 0 Å². The molecule has 6 rings (SSSR count). The van der Waals surface area contributed by atoms with Crippen LogP contribution in [-0.4, -0.2) is 25.6 Å². The van der Waals surface area contributed by atoms with E-state index in [4.69, 9.17) is 9.40 Å². The molecule has 6 nitrogen and oxygen atoms in total. The van der Waals surface area contributed by atoms with Gasteiger partial charge in [-0.25, -0.2) is 4.98 Å². The van der Waals surface area contributed by atoms with Crippen molar-refractivity contribution in [1.82, 2.24) is 25.6 Å². The minimum atomic E-state index is 0.549. The number of nitrogens with one attached hydrogen (secondary N) is 1. The van der Waals surface area contributed by atoms with Crippen LogP contribution < -0.4 is 0 Å². The zero-order valence-electron chi connectivity index (χ0n) is 18.1. The number of nitrogens with zero attached hydrogens (tertiary/aromatic N) is 4. The molecule has 0 radical (unpaired) electrons. The fourth-order valence-corrected chi connectivity index (χ4v) is 4.04. The molecular formula is C28H19N5O. The molecule has 0 saturated heterocycles. The highest BCUT2D eigenvalue weighted by molar-refractivity contribution is 5.85. The van der Waals surface area contributed by atoms with E-state index in [0.717, 1.165) is 44.8 Å². The first kappa shape index (κ1) is 19.8. The van der Waals surface area contributed by atoms with E-state index >= 15 is 0 Å². The van der Waals surface area contributed by atoms with Gasteiger partial charge in [0, 0.05) is 22.3 Å². The summed E-state index contributed by atoms with van der Waals surface area (Å²) in [6.07, 6.45) is 0. The number of benzene rings is 4. The molecule has 0 aliphatic heterocycles. The van der Waals surface area contributed by atoms with Crippen LogP contribution in [0, 0.1) is 0 Å². The quantitative estimate of drug-likeness (QED) is 0.329. The molecule has 2 heterocycles. The van der Waals surface area contributed by atoms with Crippen LogP contribution in [0.2, 0.25) is 0 Å². The molecular weight excluding hydrogens is 422 g/mol. The Kier molecular flexibility index (Phi) is 5.01. The summed E-state index contributed by atoms with van der Waals surface area (Å²) in [5.41, 5.74) is 6.62. The molecule has 0 aliphatic rings. The molecule has 0 bridgehead atoms. The van der Waals surface area contributed by atoms with Crippen molar-refractivity contribution in [3.8, 4) is 56.6 Å². The highest BCUT2D eigenvalue weighted by atomic mass is 16.4. The van der Waals surface area contributed by atoms with Gasteiger partial charge in [-0.2, -0.15) is 5.21 Å². The van der Waals surface area contributed by atoms with Crippen molar-refractivity contribution >= 4 is 0 Å². The Hall–Kier alpha value is -4.84. The van der Waals surface area contributed by atoms with Crippen LogP contribution in [0.3, 0.4) is 0 Å². The first-order valence-electron chi connectivity index (χ1n) is 10.9.